The molecular weight excluding hydrogens is 905 g/mol. The topological polar surface area (TPSA) is 86.6 Å². The van der Waals surface area contributed by atoms with Gasteiger partial charge in [0, 0.05) is 44.5 Å². The average Bonchev–Trinajstić information content (AvgIpc) is 3.54. The van der Waals surface area contributed by atoms with Gasteiger partial charge in [-0.25, -0.2) is 29.9 Å². The third kappa shape index (κ3) is 8.26. The smallest absolute Gasteiger partial charge is 0.164 e. The van der Waals surface area contributed by atoms with Gasteiger partial charge in [0.05, 0.1) is 5.41 Å². The fourth-order valence-electron chi connectivity index (χ4n) is 10.4. The number of ether oxygens (including phenoxy) is 1. The molecule has 3 heterocycles. The number of fused-ring (bicyclic) bond motifs is 2. The van der Waals surface area contributed by atoms with Gasteiger partial charge in [-0.05, 0) is 82.6 Å². The number of hydrogen-bond acceptors (Lipinski definition) is 7. The van der Waals surface area contributed by atoms with E-state index in [1.54, 1.807) is 0 Å². The van der Waals surface area contributed by atoms with Gasteiger partial charge in [-0.3, -0.25) is 0 Å². The van der Waals surface area contributed by atoms with E-state index < -0.39 is 5.41 Å². The summed E-state index contributed by atoms with van der Waals surface area (Å²) in [6, 6.07) is 82.2. The van der Waals surface area contributed by atoms with Crippen LogP contribution >= 0.6 is 0 Å². The van der Waals surface area contributed by atoms with Gasteiger partial charge >= 0.3 is 0 Å². The minimum atomic E-state index is -0.787. The number of aromatic nitrogens is 6. The van der Waals surface area contributed by atoms with Crippen molar-refractivity contribution in [3.05, 3.63) is 283 Å². The highest BCUT2D eigenvalue weighted by molar-refractivity contribution is 5.79. The summed E-state index contributed by atoms with van der Waals surface area (Å²) in [6.45, 7) is 0. The van der Waals surface area contributed by atoms with Crippen LogP contribution in [0.3, 0.4) is 0 Å². The maximum atomic E-state index is 6.77. The van der Waals surface area contributed by atoms with Crippen LogP contribution in [0.15, 0.2) is 255 Å². The predicted molar refractivity (Wildman–Crippen MR) is 296 cm³/mol. The SMILES string of the molecule is C1=CC(c2nc(-c3ccccc3)nc(-c3cccc(-c4cccc(C5(c6cccc(-c7cccc(-c8nc(-c9ccccc9)nc(-c9ccccc9)n8)c7)c6)c6ccccc6Oc6ccccc65)c4)c3)n2)=CCC1. The van der Waals surface area contributed by atoms with Crippen molar-refractivity contribution < 1.29 is 4.74 Å². The summed E-state index contributed by atoms with van der Waals surface area (Å²) in [6.07, 6.45) is 8.48. The van der Waals surface area contributed by atoms with E-state index in [2.05, 4.69) is 152 Å². The van der Waals surface area contributed by atoms with Crippen molar-refractivity contribution in [1.82, 2.24) is 29.9 Å². The summed E-state index contributed by atoms with van der Waals surface area (Å²) < 4.78 is 6.77. The van der Waals surface area contributed by atoms with E-state index in [9.17, 15) is 0 Å². The molecule has 13 rings (SSSR count). The van der Waals surface area contributed by atoms with E-state index in [0.29, 0.717) is 34.9 Å². The standard InChI is InChI=1S/C67H46N6O/c1-5-21-45(22-6-1)61-68-62(46-23-7-2-8-24-46)71-65(70-61)53-33-17-29-49(41-53)51-31-19-35-55(43-51)67(57-37-13-15-39-59(57)74-60-40-16-14-38-58(60)67)56-36-20-32-52(44-56)50-30-18-34-54(42-50)66-72-63(47-25-9-3-10-26-47)69-64(73-66)48-27-11-4-12-28-48/h1-3,5-11,13-44H,4,12H2. The lowest BCUT2D eigenvalue weighted by Gasteiger charge is -2.41. The van der Waals surface area contributed by atoms with E-state index in [0.717, 1.165) is 102 Å². The van der Waals surface area contributed by atoms with Crippen molar-refractivity contribution in [1.29, 1.82) is 0 Å². The first kappa shape index (κ1) is 44.2. The van der Waals surface area contributed by atoms with Gasteiger partial charge in [0.2, 0.25) is 0 Å². The zero-order valence-corrected chi connectivity index (χ0v) is 40.3. The number of para-hydroxylation sites is 2. The first-order chi connectivity index (χ1) is 36.6. The molecule has 74 heavy (non-hydrogen) atoms. The number of nitrogens with zero attached hydrogens (tertiary/aromatic N) is 6. The number of allylic oxidation sites excluding steroid dienone is 4. The van der Waals surface area contributed by atoms with Crippen molar-refractivity contribution in [2.75, 3.05) is 0 Å². The van der Waals surface area contributed by atoms with Crippen LogP contribution in [0.25, 0.3) is 84.8 Å². The van der Waals surface area contributed by atoms with Crippen LogP contribution in [0.1, 0.15) is 40.9 Å². The highest BCUT2D eigenvalue weighted by atomic mass is 16.5. The lowest BCUT2D eigenvalue weighted by Crippen LogP contribution is -2.34. The minimum absolute atomic E-state index is 0.603. The molecule has 0 saturated heterocycles. The minimum Gasteiger partial charge on any atom is -0.457 e. The summed E-state index contributed by atoms with van der Waals surface area (Å²) in [7, 11) is 0. The fraction of sp³-hybridized carbons (Fsp3) is 0.0448. The van der Waals surface area contributed by atoms with Crippen molar-refractivity contribution in [2.45, 2.75) is 18.3 Å². The third-order valence-corrected chi connectivity index (χ3v) is 13.9. The predicted octanol–water partition coefficient (Wildman–Crippen LogP) is 15.9. The van der Waals surface area contributed by atoms with Crippen LogP contribution in [0.4, 0.5) is 0 Å². The van der Waals surface area contributed by atoms with Crippen LogP contribution in [0, 0.1) is 0 Å². The molecular formula is C67H46N6O. The first-order valence-corrected chi connectivity index (χ1v) is 25.0. The molecule has 350 valence electrons. The van der Waals surface area contributed by atoms with Crippen LogP contribution in [-0.2, 0) is 5.41 Å². The van der Waals surface area contributed by atoms with Gasteiger partial charge in [-0.1, -0.05) is 218 Å². The van der Waals surface area contributed by atoms with E-state index in [4.69, 9.17) is 34.6 Å². The molecule has 0 bridgehead atoms. The first-order valence-electron chi connectivity index (χ1n) is 25.0. The van der Waals surface area contributed by atoms with E-state index in [1.807, 2.05) is 103 Å². The van der Waals surface area contributed by atoms with Gasteiger partial charge in [-0.2, -0.15) is 0 Å². The highest BCUT2D eigenvalue weighted by Crippen LogP contribution is 2.56. The monoisotopic (exact) mass is 950 g/mol. The molecule has 2 aromatic heterocycles. The maximum Gasteiger partial charge on any atom is 0.164 e. The average molecular weight is 951 g/mol. The Morgan fingerprint density at radius 3 is 1.08 bits per heavy atom. The molecule has 0 N–H and O–H groups in total. The molecule has 7 nitrogen and oxygen atoms in total. The fourth-order valence-corrected chi connectivity index (χ4v) is 10.4. The lowest BCUT2D eigenvalue weighted by atomic mass is 9.63. The Balaban J connectivity index is 0.943. The van der Waals surface area contributed by atoms with E-state index in [1.165, 1.54) is 0 Å². The van der Waals surface area contributed by atoms with Crippen LogP contribution in [-0.4, -0.2) is 29.9 Å². The second-order valence-corrected chi connectivity index (χ2v) is 18.5. The number of benzene rings is 9. The molecule has 7 heteroatoms. The summed E-state index contributed by atoms with van der Waals surface area (Å²) in [5, 5.41) is 0. The largest absolute Gasteiger partial charge is 0.457 e. The summed E-state index contributed by atoms with van der Waals surface area (Å²) in [5.41, 5.74) is 13.3. The lowest BCUT2D eigenvalue weighted by molar-refractivity contribution is 0.434. The Kier molecular flexibility index (Phi) is 11.4. The molecule has 0 unspecified atom stereocenters. The number of rotatable bonds is 10. The van der Waals surface area contributed by atoms with Crippen molar-refractivity contribution >= 4 is 5.57 Å². The second-order valence-electron chi connectivity index (χ2n) is 18.5. The molecule has 0 radical (unpaired) electrons. The second kappa shape index (κ2) is 19.1. The van der Waals surface area contributed by atoms with Crippen LogP contribution in [0.5, 0.6) is 11.5 Å². The molecule has 0 atom stereocenters. The highest BCUT2D eigenvalue weighted by Gasteiger charge is 2.45. The molecule has 0 fully saturated rings. The van der Waals surface area contributed by atoms with E-state index in [-0.39, 0.29) is 0 Å². The molecule has 9 aromatic carbocycles. The van der Waals surface area contributed by atoms with Crippen LogP contribution < -0.4 is 4.74 Å². The normalized spacial score (nSPS) is 13.3. The Morgan fingerprint density at radius 2 is 0.649 bits per heavy atom. The van der Waals surface area contributed by atoms with Crippen molar-refractivity contribution in [3.8, 4) is 90.7 Å². The van der Waals surface area contributed by atoms with Gasteiger partial charge in [0.1, 0.15) is 11.5 Å². The summed E-state index contributed by atoms with van der Waals surface area (Å²) in [4.78, 5) is 30.3. The Bertz CT molecular complexity index is 3840. The Morgan fingerprint density at radius 1 is 0.297 bits per heavy atom. The maximum absolute atomic E-state index is 6.77. The molecule has 1 aliphatic heterocycles. The number of hydrogen-bond donors (Lipinski definition) is 0. The molecule has 11 aromatic rings. The van der Waals surface area contributed by atoms with Gasteiger partial charge in [0.15, 0.2) is 34.9 Å². The molecule has 1 aliphatic carbocycles. The van der Waals surface area contributed by atoms with Crippen molar-refractivity contribution in [2.24, 2.45) is 0 Å². The quantitative estimate of drug-likeness (QED) is 0.135. The molecule has 0 saturated carbocycles. The summed E-state index contributed by atoms with van der Waals surface area (Å²) >= 11 is 0. The van der Waals surface area contributed by atoms with Gasteiger partial charge in [-0.15, -0.1) is 0 Å². The zero-order valence-electron chi connectivity index (χ0n) is 40.3. The summed E-state index contributed by atoms with van der Waals surface area (Å²) in [5.74, 6) is 5.41. The van der Waals surface area contributed by atoms with E-state index >= 15 is 0 Å². The third-order valence-electron chi connectivity index (χ3n) is 13.9. The van der Waals surface area contributed by atoms with Crippen molar-refractivity contribution in [3.63, 3.8) is 0 Å². The van der Waals surface area contributed by atoms with Crippen LogP contribution in [0.2, 0.25) is 0 Å². The van der Waals surface area contributed by atoms with Gasteiger partial charge < -0.3 is 4.74 Å². The Hall–Kier alpha value is -9.72. The molecule has 0 spiro atoms. The van der Waals surface area contributed by atoms with Gasteiger partial charge in [0.25, 0.3) is 0 Å². The molecule has 2 aliphatic rings. The Labute approximate surface area is 430 Å². The molecule has 0 amide bonds. The zero-order chi connectivity index (χ0) is 49.3.